The molecule has 0 atom stereocenters. The van der Waals surface area contributed by atoms with Gasteiger partial charge in [-0.05, 0) is 18.1 Å². The SMILES string of the molecule is Cn1cc(S(=O)(=O)N2CCCN(C(=O)Cc3c[nH]c4ccccc34)CC2)cn1. The first-order chi connectivity index (χ1) is 13.4. The van der Waals surface area contributed by atoms with Crippen LogP contribution in [-0.4, -0.2) is 64.5 Å². The van der Waals surface area contributed by atoms with Crippen LogP contribution in [0.2, 0.25) is 0 Å². The smallest absolute Gasteiger partial charge is 0.246 e. The zero-order valence-electron chi connectivity index (χ0n) is 15.7. The molecule has 1 fully saturated rings. The fourth-order valence-corrected chi connectivity index (χ4v) is 5.07. The highest BCUT2D eigenvalue weighted by atomic mass is 32.2. The summed E-state index contributed by atoms with van der Waals surface area (Å²) in [4.78, 5) is 18.0. The number of carbonyl (C=O) groups excluding carboxylic acids is 1. The Bertz CT molecular complexity index is 1100. The lowest BCUT2D eigenvalue weighted by atomic mass is 10.1. The van der Waals surface area contributed by atoms with E-state index in [0.29, 0.717) is 32.5 Å². The van der Waals surface area contributed by atoms with Crippen LogP contribution >= 0.6 is 0 Å². The highest BCUT2D eigenvalue weighted by Gasteiger charge is 2.29. The number of rotatable bonds is 4. The molecule has 1 aromatic carbocycles. The molecule has 4 rings (SSSR count). The summed E-state index contributed by atoms with van der Waals surface area (Å²) in [5.41, 5.74) is 1.97. The molecule has 3 heterocycles. The van der Waals surface area contributed by atoms with Crippen LogP contribution in [-0.2, 0) is 28.3 Å². The zero-order chi connectivity index (χ0) is 19.7. The van der Waals surface area contributed by atoms with Crippen molar-refractivity contribution < 1.29 is 13.2 Å². The van der Waals surface area contributed by atoms with Gasteiger partial charge in [0, 0.05) is 56.5 Å². The van der Waals surface area contributed by atoms with Crippen LogP contribution in [0.25, 0.3) is 10.9 Å². The van der Waals surface area contributed by atoms with Gasteiger partial charge in [-0.1, -0.05) is 18.2 Å². The molecule has 0 unspecified atom stereocenters. The first-order valence-electron chi connectivity index (χ1n) is 9.27. The number of amides is 1. The van der Waals surface area contributed by atoms with Gasteiger partial charge in [-0.15, -0.1) is 0 Å². The first kappa shape index (κ1) is 18.7. The van der Waals surface area contributed by atoms with E-state index in [2.05, 4.69) is 10.1 Å². The van der Waals surface area contributed by atoms with E-state index >= 15 is 0 Å². The van der Waals surface area contributed by atoms with Gasteiger partial charge in [-0.2, -0.15) is 9.40 Å². The molecular weight excluding hydrogens is 378 g/mol. The lowest BCUT2D eigenvalue weighted by Gasteiger charge is -2.21. The number of hydrogen-bond acceptors (Lipinski definition) is 4. The Labute approximate surface area is 163 Å². The van der Waals surface area contributed by atoms with Crippen LogP contribution in [0.5, 0.6) is 0 Å². The minimum absolute atomic E-state index is 0.0189. The number of carbonyl (C=O) groups is 1. The molecule has 0 spiro atoms. The predicted octanol–water partition coefficient (Wildman–Crippen LogP) is 1.37. The summed E-state index contributed by atoms with van der Waals surface area (Å²) in [7, 11) is -1.90. The number of nitrogens with one attached hydrogen (secondary N) is 1. The second-order valence-corrected chi connectivity index (χ2v) is 8.96. The molecule has 0 aliphatic carbocycles. The molecule has 148 valence electrons. The van der Waals surface area contributed by atoms with Crippen LogP contribution in [0.15, 0.2) is 47.8 Å². The molecule has 9 heteroatoms. The Kier molecular flexibility index (Phi) is 4.94. The summed E-state index contributed by atoms with van der Waals surface area (Å²) in [5, 5.41) is 5.00. The van der Waals surface area contributed by atoms with Gasteiger partial charge in [0.15, 0.2) is 0 Å². The maximum atomic E-state index is 12.8. The summed E-state index contributed by atoms with van der Waals surface area (Å²) < 4.78 is 28.5. The Morgan fingerprint density at radius 2 is 2.00 bits per heavy atom. The quantitative estimate of drug-likeness (QED) is 0.715. The van der Waals surface area contributed by atoms with E-state index in [4.69, 9.17) is 0 Å². The van der Waals surface area contributed by atoms with E-state index in [1.165, 1.54) is 21.4 Å². The summed E-state index contributed by atoms with van der Waals surface area (Å²) in [6.07, 6.45) is 5.65. The maximum absolute atomic E-state index is 12.8. The number of sulfonamides is 1. The van der Waals surface area contributed by atoms with Gasteiger partial charge >= 0.3 is 0 Å². The molecule has 1 aliphatic rings. The fourth-order valence-electron chi connectivity index (χ4n) is 3.62. The molecule has 1 saturated heterocycles. The van der Waals surface area contributed by atoms with Gasteiger partial charge in [-0.3, -0.25) is 9.48 Å². The number of benzene rings is 1. The molecule has 0 bridgehead atoms. The molecular formula is C19H23N5O3S. The maximum Gasteiger partial charge on any atom is 0.246 e. The minimum Gasteiger partial charge on any atom is -0.361 e. The van der Waals surface area contributed by atoms with Crippen LogP contribution in [0.4, 0.5) is 0 Å². The van der Waals surface area contributed by atoms with Crippen molar-refractivity contribution in [2.45, 2.75) is 17.7 Å². The fraction of sp³-hybridized carbons (Fsp3) is 0.368. The molecule has 0 radical (unpaired) electrons. The van der Waals surface area contributed by atoms with Gasteiger partial charge in [0.05, 0.1) is 12.6 Å². The predicted molar refractivity (Wildman–Crippen MR) is 105 cm³/mol. The number of hydrogen-bond donors (Lipinski definition) is 1. The third-order valence-corrected chi connectivity index (χ3v) is 6.99. The van der Waals surface area contributed by atoms with Crippen molar-refractivity contribution >= 4 is 26.8 Å². The average molecular weight is 401 g/mol. The topological polar surface area (TPSA) is 91.3 Å². The normalized spacial score (nSPS) is 16.4. The van der Waals surface area contributed by atoms with Crippen LogP contribution < -0.4 is 0 Å². The highest BCUT2D eigenvalue weighted by Crippen LogP contribution is 2.20. The van der Waals surface area contributed by atoms with Crippen LogP contribution in [0.3, 0.4) is 0 Å². The number of aromatic nitrogens is 3. The van der Waals surface area contributed by atoms with Crippen molar-refractivity contribution in [1.82, 2.24) is 24.0 Å². The first-order valence-corrected chi connectivity index (χ1v) is 10.7. The second kappa shape index (κ2) is 7.40. The van der Waals surface area contributed by atoms with E-state index < -0.39 is 10.0 Å². The molecule has 1 N–H and O–H groups in total. The second-order valence-electron chi connectivity index (χ2n) is 7.02. The Morgan fingerprint density at radius 1 is 1.18 bits per heavy atom. The van der Waals surface area contributed by atoms with E-state index in [1.54, 1.807) is 11.9 Å². The number of fused-ring (bicyclic) bond motifs is 1. The summed E-state index contributed by atoms with van der Waals surface area (Å²) in [6.45, 7) is 1.63. The summed E-state index contributed by atoms with van der Waals surface area (Å²) >= 11 is 0. The van der Waals surface area contributed by atoms with Gasteiger partial charge in [0.25, 0.3) is 0 Å². The summed E-state index contributed by atoms with van der Waals surface area (Å²) in [6, 6.07) is 7.89. The minimum atomic E-state index is -3.59. The van der Waals surface area contributed by atoms with E-state index in [1.807, 2.05) is 30.5 Å². The van der Waals surface area contributed by atoms with Crippen molar-refractivity contribution in [3.05, 3.63) is 48.4 Å². The summed E-state index contributed by atoms with van der Waals surface area (Å²) in [5.74, 6) is 0.0189. The molecule has 0 saturated carbocycles. The largest absolute Gasteiger partial charge is 0.361 e. The third-order valence-electron chi connectivity index (χ3n) is 5.14. The molecule has 8 nitrogen and oxygen atoms in total. The number of H-pyrrole nitrogens is 1. The monoisotopic (exact) mass is 401 g/mol. The molecule has 28 heavy (non-hydrogen) atoms. The molecule has 1 amide bonds. The molecule has 3 aromatic rings. The number of nitrogens with zero attached hydrogens (tertiary/aromatic N) is 4. The van der Waals surface area contributed by atoms with Crippen molar-refractivity contribution in [2.24, 2.45) is 7.05 Å². The van der Waals surface area contributed by atoms with Crippen LogP contribution in [0, 0.1) is 0 Å². The van der Waals surface area contributed by atoms with Crippen molar-refractivity contribution in [1.29, 1.82) is 0 Å². The van der Waals surface area contributed by atoms with E-state index in [0.717, 1.165) is 16.5 Å². The van der Waals surface area contributed by atoms with Crippen molar-refractivity contribution in [3.8, 4) is 0 Å². The third kappa shape index (κ3) is 3.55. The lowest BCUT2D eigenvalue weighted by molar-refractivity contribution is -0.130. The number of para-hydroxylation sites is 1. The highest BCUT2D eigenvalue weighted by molar-refractivity contribution is 7.89. The number of aryl methyl sites for hydroxylation is 1. The molecule has 1 aliphatic heterocycles. The van der Waals surface area contributed by atoms with Crippen molar-refractivity contribution in [3.63, 3.8) is 0 Å². The van der Waals surface area contributed by atoms with Gasteiger partial charge in [0.2, 0.25) is 15.9 Å². The van der Waals surface area contributed by atoms with E-state index in [9.17, 15) is 13.2 Å². The standard InChI is InChI=1S/C19H23N5O3S/c1-22-14-16(13-21-22)28(26,27)24-8-4-7-23(9-10-24)19(25)11-15-12-20-18-6-3-2-5-17(15)18/h2-3,5-6,12-14,20H,4,7-11H2,1H3. The van der Waals surface area contributed by atoms with Crippen molar-refractivity contribution in [2.75, 3.05) is 26.2 Å². The average Bonchev–Trinajstić information content (AvgIpc) is 3.20. The Balaban J connectivity index is 1.44. The Hall–Kier alpha value is -2.65. The Morgan fingerprint density at radius 3 is 2.79 bits per heavy atom. The van der Waals surface area contributed by atoms with Gasteiger partial charge in [-0.25, -0.2) is 8.42 Å². The van der Waals surface area contributed by atoms with Crippen LogP contribution in [0.1, 0.15) is 12.0 Å². The molecule has 2 aromatic heterocycles. The number of aromatic amines is 1. The zero-order valence-corrected chi connectivity index (χ0v) is 16.5. The van der Waals surface area contributed by atoms with Gasteiger partial charge < -0.3 is 9.88 Å². The lowest BCUT2D eigenvalue weighted by Crippen LogP contribution is -2.37. The van der Waals surface area contributed by atoms with Gasteiger partial charge in [0.1, 0.15) is 4.90 Å². The van der Waals surface area contributed by atoms with E-state index in [-0.39, 0.29) is 17.3 Å².